The van der Waals surface area contributed by atoms with E-state index in [1.165, 1.54) is 11.8 Å². The number of benzene rings is 2. The molecule has 0 aliphatic carbocycles. The van der Waals surface area contributed by atoms with E-state index in [0.717, 1.165) is 4.90 Å². The Morgan fingerprint density at radius 3 is 2.55 bits per heavy atom. The second-order valence-corrected chi connectivity index (χ2v) is 5.11. The van der Waals surface area contributed by atoms with Crippen LogP contribution in [0.5, 0.6) is 11.5 Å². The Bertz CT molecular complexity index is 647. The summed E-state index contributed by atoms with van der Waals surface area (Å²) < 4.78 is 5.79. The fraction of sp³-hybridized carbons (Fsp3) is 0.0714. The van der Waals surface area contributed by atoms with E-state index < -0.39 is 0 Å². The van der Waals surface area contributed by atoms with E-state index in [2.05, 4.69) is 5.16 Å². The summed E-state index contributed by atoms with van der Waals surface area (Å²) in [5.41, 5.74) is 6.28. The van der Waals surface area contributed by atoms with Gasteiger partial charge < -0.3 is 15.7 Å². The van der Waals surface area contributed by atoms with E-state index in [1.54, 1.807) is 18.2 Å². The molecular formula is C14H13ClN2O2S. The first-order chi connectivity index (χ1) is 9.67. The zero-order valence-corrected chi connectivity index (χ0v) is 12.3. The van der Waals surface area contributed by atoms with Crippen molar-refractivity contribution in [3.8, 4) is 11.5 Å². The molecule has 0 saturated carbocycles. The first-order valence-corrected chi connectivity index (χ1v) is 7.35. The highest BCUT2D eigenvalue weighted by Crippen LogP contribution is 2.34. The summed E-state index contributed by atoms with van der Waals surface area (Å²) in [7, 11) is 0. The predicted octanol–water partition coefficient (Wildman–Crippen LogP) is 3.95. The highest BCUT2D eigenvalue weighted by molar-refractivity contribution is 7.98. The van der Waals surface area contributed by atoms with Gasteiger partial charge in [0, 0.05) is 4.90 Å². The van der Waals surface area contributed by atoms with Gasteiger partial charge >= 0.3 is 0 Å². The summed E-state index contributed by atoms with van der Waals surface area (Å²) >= 11 is 7.56. The number of hydrogen-bond donors (Lipinski definition) is 2. The average Bonchev–Trinajstić information content (AvgIpc) is 2.48. The molecule has 0 unspecified atom stereocenters. The van der Waals surface area contributed by atoms with Gasteiger partial charge in [0.25, 0.3) is 0 Å². The van der Waals surface area contributed by atoms with Crippen molar-refractivity contribution in [2.24, 2.45) is 10.9 Å². The summed E-state index contributed by atoms with van der Waals surface area (Å²) in [6, 6.07) is 12.6. The van der Waals surface area contributed by atoms with Gasteiger partial charge in [-0.2, -0.15) is 0 Å². The maximum absolute atomic E-state index is 8.93. The number of oxime groups is 1. The number of nitrogens with zero attached hydrogens (tertiary/aromatic N) is 1. The first kappa shape index (κ1) is 14.6. The van der Waals surface area contributed by atoms with Crippen molar-refractivity contribution in [3.05, 3.63) is 53.1 Å². The van der Waals surface area contributed by atoms with Crippen LogP contribution in [0.25, 0.3) is 0 Å². The zero-order chi connectivity index (χ0) is 14.5. The lowest BCUT2D eigenvalue weighted by Crippen LogP contribution is -2.15. The molecule has 104 valence electrons. The molecule has 0 aliphatic heterocycles. The minimum atomic E-state index is -0.00277. The summed E-state index contributed by atoms with van der Waals surface area (Å²) in [4.78, 5) is 0.852. The molecule has 0 saturated heterocycles. The second-order valence-electron chi connectivity index (χ2n) is 3.85. The Labute approximate surface area is 126 Å². The van der Waals surface area contributed by atoms with Crippen LogP contribution >= 0.6 is 23.4 Å². The van der Waals surface area contributed by atoms with Crippen molar-refractivity contribution in [2.45, 2.75) is 4.90 Å². The minimum absolute atomic E-state index is 0.00277. The highest BCUT2D eigenvalue weighted by atomic mass is 35.5. The first-order valence-electron chi connectivity index (χ1n) is 5.74. The number of thioether (sulfide) groups is 1. The lowest BCUT2D eigenvalue weighted by Gasteiger charge is -2.14. The SMILES string of the molecule is CSc1cccc(Oc2ccccc2Cl)c1/C(N)=N/O. The van der Waals surface area contributed by atoms with Crippen molar-refractivity contribution >= 4 is 29.2 Å². The highest BCUT2D eigenvalue weighted by Gasteiger charge is 2.15. The fourth-order valence-corrected chi connectivity index (χ4v) is 2.51. The molecule has 0 atom stereocenters. The van der Waals surface area contributed by atoms with Gasteiger partial charge in [-0.25, -0.2) is 0 Å². The van der Waals surface area contributed by atoms with Crippen LogP contribution in [0.4, 0.5) is 0 Å². The Morgan fingerprint density at radius 1 is 1.20 bits per heavy atom. The quantitative estimate of drug-likeness (QED) is 0.295. The van der Waals surface area contributed by atoms with Gasteiger partial charge in [0.15, 0.2) is 5.84 Å². The van der Waals surface area contributed by atoms with Gasteiger partial charge in [-0.15, -0.1) is 11.8 Å². The Morgan fingerprint density at radius 2 is 1.90 bits per heavy atom. The molecule has 2 aromatic rings. The number of para-hydroxylation sites is 1. The van der Waals surface area contributed by atoms with E-state index in [4.69, 9.17) is 27.3 Å². The molecule has 2 aromatic carbocycles. The maximum Gasteiger partial charge on any atom is 0.175 e. The summed E-state index contributed by atoms with van der Waals surface area (Å²) in [5, 5.41) is 12.5. The van der Waals surface area contributed by atoms with Crippen LogP contribution in [0.3, 0.4) is 0 Å². The zero-order valence-electron chi connectivity index (χ0n) is 10.7. The molecule has 0 fully saturated rings. The molecule has 0 aliphatic rings. The van der Waals surface area contributed by atoms with Crippen LogP contribution in [0, 0.1) is 0 Å². The normalized spacial score (nSPS) is 11.4. The lowest BCUT2D eigenvalue weighted by molar-refractivity contribution is 0.318. The molecule has 3 N–H and O–H groups in total. The monoisotopic (exact) mass is 308 g/mol. The molecular weight excluding hydrogens is 296 g/mol. The Balaban J connectivity index is 2.49. The van der Waals surface area contributed by atoms with Gasteiger partial charge in [-0.3, -0.25) is 0 Å². The number of hydrogen-bond acceptors (Lipinski definition) is 4. The second kappa shape index (κ2) is 6.54. The van der Waals surface area contributed by atoms with E-state index in [-0.39, 0.29) is 5.84 Å². The van der Waals surface area contributed by atoms with E-state index in [0.29, 0.717) is 22.1 Å². The Kier molecular flexibility index (Phi) is 4.76. The molecule has 0 amide bonds. The third kappa shape index (κ3) is 3.00. The molecule has 0 heterocycles. The molecule has 0 radical (unpaired) electrons. The Hall–Kier alpha value is -1.85. The van der Waals surface area contributed by atoms with Crippen LogP contribution in [0.1, 0.15) is 5.56 Å². The van der Waals surface area contributed by atoms with Crippen LogP contribution in [-0.4, -0.2) is 17.3 Å². The molecule has 0 spiro atoms. The molecule has 20 heavy (non-hydrogen) atoms. The van der Waals surface area contributed by atoms with Crippen LogP contribution in [-0.2, 0) is 0 Å². The van der Waals surface area contributed by atoms with Crippen LogP contribution in [0.15, 0.2) is 52.5 Å². The molecule has 4 nitrogen and oxygen atoms in total. The van der Waals surface area contributed by atoms with Crippen molar-refractivity contribution in [1.29, 1.82) is 0 Å². The lowest BCUT2D eigenvalue weighted by atomic mass is 10.2. The van der Waals surface area contributed by atoms with E-state index in [9.17, 15) is 0 Å². The van der Waals surface area contributed by atoms with Crippen molar-refractivity contribution in [3.63, 3.8) is 0 Å². The number of nitrogens with two attached hydrogens (primary N) is 1. The molecule has 6 heteroatoms. The largest absolute Gasteiger partial charge is 0.455 e. The third-order valence-corrected chi connectivity index (χ3v) is 3.72. The van der Waals surface area contributed by atoms with E-state index in [1.807, 2.05) is 30.5 Å². The van der Waals surface area contributed by atoms with Gasteiger partial charge in [0.2, 0.25) is 0 Å². The topological polar surface area (TPSA) is 67.8 Å². The van der Waals surface area contributed by atoms with Gasteiger partial charge in [0.1, 0.15) is 11.5 Å². The molecule has 0 bridgehead atoms. The smallest absolute Gasteiger partial charge is 0.175 e. The van der Waals surface area contributed by atoms with Gasteiger partial charge in [-0.1, -0.05) is 35.0 Å². The fourth-order valence-electron chi connectivity index (χ4n) is 1.71. The number of rotatable bonds is 4. The standard InChI is InChI=1S/C14H13ClN2O2S/c1-20-12-8-4-7-11(13(12)14(16)17-18)19-10-6-3-2-5-9(10)15/h2-8,18H,1H3,(H2,16,17). The molecule has 2 rings (SSSR count). The van der Waals surface area contributed by atoms with Crippen LogP contribution in [0.2, 0.25) is 5.02 Å². The number of ether oxygens (including phenoxy) is 1. The van der Waals surface area contributed by atoms with Crippen molar-refractivity contribution < 1.29 is 9.94 Å². The third-order valence-electron chi connectivity index (χ3n) is 2.63. The van der Waals surface area contributed by atoms with Crippen molar-refractivity contribution in [1.82, 2.24) is 0 Å². The summed E-state index contributed by atoms with van der Waals surface area (Å²) in [6.45, 7) is 0. The van der Waals surface area contributed by atoms with Crippen LogP contribution < -0.4 is 10.5 Å². The minimum Gasteiger partial charge on any atom is -0.455 e. The van der Waals surface area contributed by atoms with Gasteiger partial charge in [-0.05, 0) is 30.5 Å². The summed E-state index contributed by atoms with van der Waals surface area (Å²) in [5.74, 6) is 0.997. The average molecular weight is 309 g/mol. The number of amidine groups is 1. The molecule has 0 aromatic heterocycles. The predicted molar refractivity (Wildman–Crippen MR) is 82.3 cm³/mol. The number of halogens is 1. The maximum atomic E-state index is 8.93. The van der Waals surface area contributed by atoms with E-state index >= 15 is 0 Å². The van der Waals surface area contributed by atoms with Gasteiger partial charge in [0.05, 0.1) is 10.6 Å². The van der Waals surface area contributed by atoms with Crippen molar-refractivity contribution in [2.75, 3.05) is 6.26 Å². The summed E-state index contributed by atoms with van der Waals surface area (Å²) in [6.07, 6.45) is 1.91.